The Bertz CT molecular complexity index is 767. The summed E-state index contributed by atoms with van der Waals surface area (Å²) in [6, 6.07) is -0.0215. The number of nitrogens with one attached hydrogen (secondary N) is 2. The van der Waals surface area contributed by atoms with E-state index in [0.717, 1.165) is 25.1 Å². The summed E-state index contributed by atoms with van der Waals surface area (Å²) < 4.78 is 1.83. The number of aromatic nitrogens is 6. The Hall–Kier alpha value is -2.45. The summed E-state index contributed by atoms with van der Waals surface area (Å²) in [6.45, 7) is 6.91. The van der Waals surface area contributed by atoms with E-state index in [1.165, 1.54) is 0 Å². The van der Waals surface area contributed by atoms with Crippen LogP contribution < -0.4 is 5.69 Å². The van der Waals surface area contributed by atoms with Crippen LogP contribution in [0.4, 0.5) is 0 Å². The highest BCUT2D eigenvalue weighted by molar-refractivity contribution is 5.77. The van der Waals surface area contributed by atoms with Gasteiger partial charge in [0.05, 0.1) is 17.8 Å². The lowest BCUT2D eigenvalue weighted by molar-refractivity contribution is -0.132. The second-order valence-electron chi connectivity index (χ2n) is 7.13. The van der Waals surface area contributed by atoms with Gasteiger partial charge < -0.3 is 4.90 Å². The van der Waals surface area contributed by atoms with Gasteiger partial charge >= 0.3 is 5.69 Å². The molecular weight excluding hydrogens is 310 g/mol. The summed E-state index contributed by atoms with van der Waals surface area (Å²) >= 11 is 0. The van der Waals surface area contributed by atoms with Gasteiger partial charge in [0.15, 0.2) is 0 Å². The van der Waals surface area contributed by atoms with Crippen molar-refractivity contribution in [2.24, 2.45) is 0 Å². The molecule has 1 fully saturated rings. The monoisotopic (exact) mass is 333 g/mol. The van der Waals surface area contributed by atoms with E-state index in [0.29, 0.717) is 18.7 Å². The van der Waals surface area contributed by atoms with E-state index < -0.39 is 0 Å². The average molecular weight is 333 g/mol. The molecule has 0 spiro atoms. The number of nitrogens with zero attached hydrogens (tertiary/aromatic N) is 5. The number of likely N-dealkylation sites (tertiary alicyclic amines) is 1. The maximum atomic E-state index is 12.6. The third-order valence-corrected chi connectivity index (χ3v) is 4.24. The van der Waals surface area contributed by atoms with Crippen LogP contribution in [0, 0.1) is 0 Å². The molecule has 9 nitrogen and oxygen atoms in total. The van der Waals surface area contributed by atoms with Gasteiger partial charge in [-0.25, -0.2) is 14.6 Å². The van der Waals surface area contributed by atoms with Crippen molar-refractivity contribution in [3.8, 4) is 0 Å². The van der Waals surface area contributed by atoms with Gasteiger partial charge in [-0.05, 0) is 33.6 Å². The number of aryl methyl sites for hydroxylation is 1. The Kier molecular flexibility index (Phi) is 4.25. The quantitative estimate of drug-likeness (QED) is 0.857. The first-order valence-corrected chi connectivity index (χ1v) is 8.20. The van der Waals surface area contributed by atoms with Crippen LogP contribution in [0.2, 0.25) is 0 Å². The zero-order chi connectivity index (χ0) is 17.3. The molecule has 1 unspecified atom stereocenters. The highest BCUT2D eigenvalue weighted by Gasteiger charge is 2.32. The molecule has 9 heteroatoms. The Labute approximate surface area is 139 Å². The molecule has 3 rings (SSSR count). The molecule has 0 saturated carbocycles. The normalized spacial score (nSPS) is 18.3. The SMILES string of the molecule is CC(C)(C)n1cc(C2CCCN2C(=O)CCc2n[nH]c(=O)[nH]2)nn1. The van der Waals surface area contributed by atoms with Crippen molar-refractivity contribution in [3.05, 3.63) is 28.2 Å². The fourth-order valence-electron chi connectivity index (χ4n) is 2.92. The largest absolute Gasteiger partial charge is 0.340 e. The first-order valence-electron chi connectivity index (χ1n) is 8.20. The third kappa shape index (κ3) is 3.39. The zero-order valence-electron chi connectivity index (χ0n) is 14.2. The van der Waals surface area contributed by atoms with Crippen LogP contribution >= 0.6 is 0 Å². The van der Waals surface area contributed by atoms with E-state index in [2.05, 4.69) is 46.3 Å². The number of H-pyrrole nitrogens is 2. The molecule has 1 atom stereocenters. The number of aromatic amines is 2. The average Bonchev–Trinajstić information content (AvgIpc) is 3.23. The van der Waals surface area contributed by atoms with Gasteiger partial charge in [-0.2, -0.15) is 5.10 Å². The number of amides is 1. The lowest BCUT2D eigenvalue weighted by Crippen LogP contribution is -2.31. The molecule has 130 valence electrons. The van der Waals surface area contributed by atoms with E-state index in [1.807, 2.05) is 15.8 Å². The minimum absolute atomic E-state index is 0.0215. The molecule has 1 aliphatic rings. The minimum Gasteiger partial charge on any atom is -0.334 e. The van der Waals surface area contributed by atoms with Crippen molar-refractivity contribution < 1.29 is 4.79 Å². The van der Waals surface area contributed by atoms with E-state index in [4.69, 9.17) is 0 Å². The van der Waals surface area contributed by atoms with E-state index in [1.54, 1.807) is 0 Å². The van der Waals surface area contributed by atoms with Crippen LogP contribution in [0.25, 0.3) is 0 Å². The first-order chi connectivity index (χ1) is 11.3. The molecule has 0 aromatic carbocycles. The molecule has 24 heavy (non-hydrogen) atoms. The molecule has 2 aromatic rings. The summed E-state index contributed by atoms with van der Waals surface area (Å²) in [5.41, 5.74) is 0.351. The number of carbonyl (C=O) groups excluding carboxylic acids is 1. The summed E-state index contributed by atoms with van der Waals surface area (Å²) in [4.78, 5) is 28.0. The van der Waals surface area contributed by atoms with Gasteiger partial charge in [-0.1, -0.05) is 5.21 Å². The molecule has 0 bridgehead atoms. The van der Waals surface area contributed by atoms with E-state index in [9.17, 15) is 9.59 Å². The van der Waals surface area contributed by atoms with E-state index >= 15 is 0 Å². The molecule has 3 heterocycles. The van der Waals surface area contributed by atoms with Crippen LogP contribution in [-0.2, 0) is 16.8 Å². The van der Waals surface area contributed by atoms with E-state index in [-0.39, 0.29) is 23.2 Å². The van der Waals surface area contributed by atoms with Crippen molar-refractivity contribution in [2.75, 3.05) is 6.54 Å². The zero-order valence-corrected chi connectivity index (χ0v) is 14.2. The smallest absolute Gasteiger partial charge is 0.334 e. The Balaban J connectivity index is 1.67. The van der Waals surface area contributed by atoms with Crippen molar-refractivity contribution in [1.82, 2.24) is 35.1 Å². The maximum absolute atomic E-state index is 12.6. The maximum Gasteiger partial charge on any atom is 0.340 e. The molecular formula is C15H23N7O2. The van der Waals surface area contributed by atoms with Crippen molar-refractivity contribution in [1.29, 1.82) is 0 Å². The highest BCUT2D eigenvalue weighted by atomic mass is 16.2. The van der Waals surface area contributed by atoms with Gasteiger partial charge in [0.25, 0.3) is 0 Å². The standard InChI is InChI=1S/C15H23N7O2/c1-15(2,3)22-9-10(17-20-22)11-5-4-8-21(11)13(23)7-6-12-16-14(24)19-18-12/h9,11H,4-8H2,1-3H3,(H2,16,18,19,24). The molecule has 1 aliphatic heterocycles. The molecule has 1 amide bonds. The van der Waals surface area contributed by atoms with Crippen LogP contribution in [0.1, 0.15) is 57.6 Å². The number of rotatable bonds is 4. The van der Waals surface area contributed by atoms with Crippen LogP contribution in [-0.4, -0.2) is 47.5 Å². The predicted molar refractivity (Wildman–Crippen MR) is 86.2 cm³/mol. The lowest BCUT2D eigenvalue weighted by Gasteiger charge is -2.23. The van der Waals surface area contributed by atoms with Gasteiger partial charge in [-0.3, -0.25) is 9.78 Å². The minimum atomic E-state index is -0.352. The van der Waals surface area contributed by atoms with Gasteiger partial charge in [0.1, 0.15) is 11.5 Å². The third-order valence-electron chi connectivity index (χ3n) is 4.24. The van der Waals surface area contributed by atoms with Crippen LogP contribution in [0.15, 0.2) is 11.0 Å². The first kappa shape index (κ1) is 16.4. The summed E-state index contributed by atoms with van der Waals surface area (Å²) in [5.74, 6) is 0.550. The Morgan fingerprint density at radius 1 is 1.42 bits per heavy atom. The van der Waals surface area contributed by atoms with Crippen LogP contribution in [0.5, 0.6) is 0 Å². The summed E-state index contributed by atoms with van der Waals surface area (Å²) in [5, 5.41) is 14.6. The highest BCUT2D eigenvalue weighted by Crippen LogP contribution is 2.31. The predicted octanol–water partition coefficient (Wildman–Crippen LogP) is 0.741. The van der Waals surface area contributed by atoms with Gasteiger partial charge in [0.2, 0.25) is 5.91 Å². The summed E-state index contributed by atoms with van der Waals surface area (Å²) in [6.07, 6.45) is 4.51. The molecule has 0 radical (unpaired) electrons. The number of hydrogen-bond donors (Lipinski definition) is 2. The molecule has 2 aromatic heterocycles. The lowest BCUT2D eigenvalue weighted by atomic mass is 10.1. The second kappa shape index (κ2) is 6.21. The number of hydrogen-bond acceptors (Lipinski definition) is 5. The topological polar surface area (TPSA) is 113 Å². The molecule has 0 aliphatic carbocycles. The Morgan fingerprint density at radius 2 is 2.21 bits per heavy atom. The van der Waals surface area contributed by atoms with Crippen molar-refractivity contribution >= 4 is 5.91 Å². The van der Waals surface area contributed by atoms with Crippen LogP contribution in [0.3, 0.4) is 0 Å². The fourth-order valence-corrected chi connectivity index (χ4v) is 2.92. The summed E-state index contributed by atoms with van der Waals surface area (Å²) in [7, 11) is 0. The molecule has 1 saturated heterocycles. The van der Waals surface area contributed by atoms with Gasteiger partial charge in [-0.15, -0.1) is 5.10 Å². The van der Waals surface area contributed by atoms with Crippen molar-refractivity contribution in [2.45, 2.75) is 58.0 Å². The number of carbonyl (C=O) groups is 1. The van der Waals surface area contributed by atoms with Crippen molar-refractivity contribution in [3.63, 3.8) is 0 Å². The second-order valence-corrected chi connectivity index (χ2v) is 7.13. The van der Waals surface area contributed by atoms with Gasteiger partial charge in [0, 0.05) is 19.4 Å². The fraction of sp³-hybridized carbons (Fsp3) is 0.667. The molecule has 2 N–H and O–H groups in total. The Morgan fingerprint density at radius 3 is 2.83 bits per heavy atom.